The van der Waals surface area contributed by atoms with E-state index in [0.29, 0.717) is 11.4 Å². The first-order valence-electron chi connectivity index (χ1n) is 9.56. The first-order valence-corrected chi connectivity index (χ1v) is 10.7. The largest absolute Gasteiger partial charge is 0.466 e. The van der Waals surface area contributed by atoms with Crippen LogP contribution in [-0.4, -0.2) is 31.5 Å². The molecule has 0 unspecified atom stereocenters. The second-order valence-corrected chi connectivity index (χ2v) is 9.35. The summed E-state index contributed by atoms with van der Waals surface area (Å²) in [5.74, 6) is -0.0148. The maximum absolute atomic E-state index is 12.9. The van der Waals surface area contributed by atoms with Crippen molar-refractivity contribution >= 4 is 52.6 Å². The molecule has 0 fully saturated rings. The van der Waals surface area contributed by atoms with Crippen LogP contribution in [0.1, 0.15) is 18.2 Å². The Morgan fingerprint density at radius 1 is 1.12 bits per heavy atom. The summed E-state index contributed by atoms with van der Waals surface area (Å²) in [4.78, 5) is 28.7. The van der Waals surface area contributed by atoms with Gasteiger partial charge in [-0.3, -0.25) is 14.3 Å². The van der Waals surface area contributed by atoms with Gasteiger partial charge in [0, 0.05) is 20.2 Å². The highest BCUT2D eigenvalue weighted by Gasteiger charge is 2.35. The van der Waals surface area contributed by atoms with Gasteiger partial charge in [-0.25, -0.2) is 9.67 Å². The van der Waals surface area contributed by atoms with Crippen LogP contribution in [0.2, 0.25) is 0 Å². The van der Waals surface area contributed by atoms with Gasteiger partial charge in [0.05, 0.1) is 11.4 Å². The molecule has 0 radical (unpaired) electrons. The minimum Gasteiger partial charge on any atom is -0.466 e. The second-order valence-electron chi connectivity index (χ2n) is 6.98. The SMILES string of the molecule is CC(=O)N[C@H](Oc1ccc(C=Nc2c(C)n(C)n(-c3ccccc3)c2=O)cc1)C(Cl)(Cl)Cl. The zero-order valence-corrected chi connectivity index (χ0v) is 19.8. The van der Waals surface area contributed by atoms with E-state index in [-0.39, 0.29) is 5.56 Å². The monoisotopic (exact) mass is 494 g/mol. The van der Waals surface area contributed by atoms with Crippen LogP contribution in [0, 0.1) is 6.92 Å². The molecule has 0 aliphatic heterocycles. The van der Waals surface area contributed by atoms with E-state index in [1.54, 1.807) is 39.8 Å². The number of carbonyl (C=O) groups excluding carboxylic acids is 1. The fourth-order valence-electron chi connectivity index (χ4n) is 2.97. The number of nitrogens with zero attached hydrogens (tertiary/aromatic N) is 3. The van der Waals surface area contributed by atoms with Crippen molar-refractivity contribution in [3.8, 4) is 11.4 Å². The van der Waals surface area contributed by atoms with Crippen LogP contribution >= 0.6 is 34.8 Å². The molecule has 0 aliphatic carbocycles. The van der Waals surface area contributed by atoms with Crippen molar-refractivity contribution in [2.75, 3.05) is 0 Å². The number of carbonyl (C=O) groups is 1. The molecule has 7 nitrogen and oxygen atoms in total. The summed E-state index contributed by atoms with van der Waals surface area (Å²) in [7, 11) is 1.81. The quantitative estimate of drug-likeness (QED) is 0.312. The average molecular weight is 496 g/mol. The smallest absolute Gasteiger partial charge is 0.297 e. The van der Waals surface area contributed by atoms with Crippen LogP contribution in [-0.2, 0) is 11.8 Å². The minimum atomic E-state index is -1.85. The molecule has 2 aromatic carbocycles. The lowest BCUT2D eigenvalue weighted by Gasteiger charge is -2.25. The molecule has 168 valence electrons. The zero-order valence-electron chi connectivity index (χ0n) is 17.6. The molecular weight excluding hydrogens is 475 g/mol. The maximum Gasteiger partial charge on any atom is 0.297 e. The average Bonchev–Trinajstić information content (AvgIpc) is 2.95. The third-order valence-electron chi connectivity index (χ3n) is 4.63. The van der Waals surface area contributed by atoms with Crippen LogP contribution in [0.15, 0.2) is 64.4 Å². The number of nitrogens with one attached hydrogen (secondary N) is 1. The summed E-state index contributed by atoms with van der Waals surface area (Å²) in [6, 6.07) is 16.1. The molecule has 1 N–H and O–H groups in total. The summed E-state index contributed by atoms with van der Waals surface area (Å²) in [6.07, 6.45) is 0.427. The molecule has 0 saturated carbocycles. The Morgan fingerprint density at radius 3 is 2.31 bits per heavy atom. The molecule has 0 bridgehead atoms. The van der Waals surface area contributed by atoms with Crippen LogP contribution < -0.4 is 15.6 Å². The Bertz CT molecular complexity index is 1180. The molecule has 1 amide bonds. The molecule has 1 atom stereocenters. The number of aromatic nitrogens is 2. The first-order chi connectivity index (χ1) is 15.1. The Balaban J connectivity index is 1.81. The molecule has 10 heteroatoms. The van der Waals surface area contributed by atoms with Crippen molar-refractivity contribution in [1.82, 2.24) is 14.7 Å². The normalized spacial score (nSPS) is 12.7. The number of hydrogen-bond acceptors (Lipinski definition) is 4. The van der Waals surface area contributed by atoms with Crippen molar-refractivity contribution in [3.63, 3.8) is 0 Å². The molecule has 32 heavy (non-hydrogen) atoms. The van der Waals surface area contributed by atoms with Gasteiger partial charge in [0.15, 0.2) is 5.69 Å². The molecule has 1 aromatic heterocycles. The lowest BCUT2D eigenvalue weighted by Crippen LogP contribution is -2.47. The highest BCUT2D eigenvalue weighted by atomic mass is 35.6. The van der Waals surface area contributed by atoms with Crippen LogP contribution in [0.25, 0.3) is 5.69 Å². The van der Waals surface area contributed by atoms with Gasteiger partial charge >= 0.3 is 0 Å². The predicted octanol–water partition coefficient (Wildman–Crippen LogP) is 4.45. The van der Waals surface area contributed by atoms with Gasteiger partial charge in [-0.05, 0) is 48.9 Å². The molecule has 3 rings (SSSR count). The Hall–Kier alpha value is -2.74. The Labute approximate surface area is 200 Å². The van der Waals surface area contributed by atoms with Gasteiger partial charge in [0.25, 0.3) is 5.56 Å². The highest BCUT2D eigenvalue weighted by molar-refractivity contribution is 6.68. The minimum absolute atomic E-state index is 0.215. The second kappa shape index (κ2) is 9.81. The standard InChI is InChI=1S/C22H21Cl3N4O3/c1-14-19(20(31)29(28(14)3)17-7-5-4-6-8-17)26-13-16-9-11-18(12-10-16)32-21(22(23,24)25)27-15(2)30/h4-13,21H,1-3H3,(H,27,30)/t21-/m1/s1. The molecule has 0 aliphatic rings. The number of hydrogen-bond donors (Lipinski definition) is 1. The fourth-order valence-corrected chi connectivity index (χ4v) is 3.27. The third-order valence-corrected chi connectivity index (χ3v) is 5.23. The Kier molecular flexibility index (Phi) is 7.33. The molecule has 3 aromatic rings. The van der Waals surface area contributed by atoms with Gasteiger partial charge in [-0.1, -0.05) is 53.0 Å². The fraction of sp³-hybridized carbons (Fsp3) is 0.227. The van der Waals surface area contributed by atoms with Gasteiger partial charge < -0.3 is 10.1 Å². The topological polar surface area (TPSA) is 77.6 Å². The number of halogens is 3. The van der Waals surface area contributed by atoms with E-state index in [0.717, 1.165) is 16.9 Å². The summed E-state index contributed by atoms with van der Waals surface area (Å²) in [5.41, 5.74) is 2.35. The van der Waals surface area contributed by atoms with Crippen LogP contribution in [0.4, 0.5) is 5.69 Å². The summed E-state index contributed by atoms with van der Waals surface area (Å²) in [6.45, 7) is 3.13. The molecule has 1 heterocycles. The number of amides is 1. The number of aliphatic imine (C=N–C) groups is 1. The van der Waals surface area contributed by atoms with E-state index in [1.165, 1.54) is 6.92 Å². The van der Waals surface area contributed by atoms with Crippen molar-refractivity contribution in [1.29, 1.82) is 0 Å². The van der Waals surface area contributed by atoms with Crippen molar-refractivity contribution < 1.29 is 9.53 Å². The van der Waals surface area contributed by atoms with Crippen molar-refractivity contribution in [2.45, 2.75) is 23.9 Å². The van der Waals surface area contributed by atoms with E-state index in [1.807, 2.05) is 44.3 Å². The predicted molar refractivity (Wildman–Crippen MR) is 128 cm³/mol. The van der Waals surface area contributed by atoms with Crippen LogP contribution in [0.5, 0.6) is 5.75 Å². The number of alkyl halides is 3. The summed E-state index contributed by atoms with van der Waals surface area (Å²) in [5, 5.41) is 2.44. The van der Waals surface area contributed by atoms with Gasteiger partial charge in [0.1, 0.15) is 5.75 Å². The molecule has 0 saturated heterocycles. The number of para-hydroxylation sites is 1. The van der Waals surface area contributed by atoms with E-state index in [9.17, 15) is 9.59 Å². The third kappa shape index (κ3) is 5.54. The van der Waals surface area contributed by atoms with Crippen molar-refractivity contribution in [3.05, 3.63) is 76.2 Å². The van der Waals surface area contributed by atoms with Gasteiger partial charge in [0.2, 0.25) is 15.9 Å². The van der Waals surface area contributed by atoms with E-state index in [2.05, 4.69) is 10.3 Å². The lowest BCUT2D eigenvalue weighted by atomic mass is 10.2. The first kappa shape index (κ1) is 23.9. The summed E-state index contributed by atoms with van der Waals surface area (Å²) < 4.78 is 7.06. The van der Waals surface area contributed by atoms with Crippen molar-refractivity contribution in [2.24, 2.45) is 12.0 Å². The van der Waals surface area contributed by atoms with Gasteiger partial charge in [-0.15, -0.1) is 0 Å². The van der Waals surface area contributed by atoms with Crippen LogP contribution in [0.3, 0.4) is 0 Å². The maximum atomic E-state index is 12.9. The number of benzene rings is 2. The van der Waals surface area contributed by atoms with E-state index in [4.69, 9.17) is 39.5 Å². The highest BCUT2D eigenvalue weighted by Crippen LogP contribution is 2.32. The van der Waals surface area contributed by atoms with E-state index >= 15 is 0 Å². The van der Waals surface area contributed by atoms with Gasteiger partial charge in [-0.2, -0.15) is 0 Å². The summed E-state index contributed by atoms with van der Waals surface area (Å²) >= 11 is 17.6. The number of rotatable bonds is 6. The van der Waals surface area contributed by atoms with E-state index < -0.39 is 15.9 Å². The Morgan fingerprint density at radius 2 is 1.75 bits per heavy atom. The lowest BCUT2D eigenvalue weighted by molar-refractivity contribution is -0.121. The molecule has 0 spiro atoms. The molecular formula is C22H21Cl3N4O3. The zero-order chi connectivity index (χ0) is 23.5. The number of ether oxygens (including phenoxy) is 1.